The first-order valence-corrected chi connectivity index (χ1v) is 12.3. The first-order valence-electron chi connectivity index (χ1n) is 10.9. The van der Waals surface area contributed by atoms with Gasteiger partial charge in [-0.3, -0.25) is 9.59 Å². The van der Waals surface area contributed by atoms with Gasteiger partial charge >= 0.3 is 0 Å². The first-order chi connectivity index (χ1) is 15.2. The third-order valence-corrected chi connectivity index (χ3v) is 8.07. The number of carbonyl (C=O) groups excluding carboxylic acids is 2. The molecule has 32 heavy (non-hydrogen) atoms. The molecule has 1 fully saturated rings. The molecular weight excluding hydrogens is 426 g/mol. The largest absolute Gasteiger partial charge is 0.338 e. The van der Waals surface area contributed by atoms with E-state index in [1.807, 2.05) is 44.2 Å². The van der Waals surface area contributed by atoms with E-state index in [2.05, 4.69) is 5.32 Å². The van der Waals surface area contributed by atoms with E-state index in [0.717, 1.165) is 16.7 Å². The maximum Gasteiger partial charge on any atom is 0.243 e. The second-order valence-electron chi connectivity index (χ2n) is 8.15. The van der Waals surface area contributed by atoms with E-state index in [9.17, 15) is 18.0 Å². The summed E-state index contributed by atoms with van der Waals surface area (Å²) in [5.41, 5.74) is 3.07. The van der Waals surface area contributed by atoms with Gasteiger partial charge < -0.3 is 10.2 Å². The number of likely N-dealkylation sites (tertiary alicyclic amines) is 1. The van der Waals surface area contributed by atoms with Gasteiger partial charge in [-0.2, -0.15) is 4.31 Å². The van der Waals surface area contributed by atoms with Crippen molar-refractivity contribution in [3.8, 4) is 0 Å². The van der Waals surface area contributed by atoms with Gasteiger partial charge in [0.05, 0.1) is 10.8 Å². The molecule has 0 aromatic heterocycles. The summed E-state index contributed by atoms with van der Waals surface area (Å²) in [5, 5.41) is 2.88. The van der Waals surface area contributed by atoms with Crippen LogP contribution >= 0.6 is 0 Å². The van der Waals surface area contributed by atoms with Crippen molar-refractivity contribution in [3.63, 3.8) is 0 Å². The van der Waals surface area contributed by atoms with Crippen molar-refractivity contribution in [2.75, 3.05) is 25.0 Å². The highest BCUT2D eigenvalue weighted by atomic mass is 32.2. The molecule has 0 radical (unpaired) electrons. The Morgan fingerprint density at radius 3 is 2.41 bits per heavy atom. The van der Waals surface area contributed by atoms with Gasteiger partial charge in [-0.1, -0.05) is 44.2 Å². The van der Waals surface area contributed by atoms with Crippen molar-refractivity contribution in [1.29, 1.82) is 0 Å². The van der Waals surface area contributed by atoms with E-state index >= 15 is 0 Å². The lowest BCUT2D eigenvalue weighted by atomic mass is 10.1. The van der Waals surface area contributed by atoms with Crippen molar-refractivity contribution < 1.29 is 18.0 Å². The summed E-state index contributed by atoms with van der Waals surface area (Å²) < 4.78 is 27.3. The van der Waals surface area contributed by atoms with Crippen LogP contribution in [0.2, 0.25) is 0 Å². The smallest absolute Gasteiger partial charge is 0.243 e. The Morgan fingerprint density at radius 1 is 1.12 bits per heavy atom. The Hall–Kier alpha value is -2.71. The van der Waals surface area contributed by atoms with Gasteiger partial charge in [0.2, 0.25) is 21.8 Å². The minimum atomic E-state index is -3.65. The molecule has 2 amide bonds. The number of nitrogens with one attached hydrogen (secondary N) is 1. The lowest BCUT2D eigenvalue weighted by molar-refractivity contribution is -0.128. The maximum atomic E-state index is 13.0. The molecule has 0 aliphatic carbocycles. The fourth-order valence-electron chi connectivity index (χ4n) is 3.96. The molecule has 0 saturated carbocycles. The highest BCUT2D eigenvalue weighted by Gasteiger charge is 2.34. The molecule has 1 aliphatic rings. The quantitative estimate of drug-likeness (QED) is 0.659. The van der Waals surface area contributed by atoms with E-state index in [4.69, 9.17) is 0 Å². The molecule has 0 spiro atoms. The number of nitrogens with zero attached hydrogens (tertiary/aromatic N) is 2. The van der Waals surface area contributed by atoms with Gasteiger partial charge in [0.1, 0.15) is 0 Å². The Bertz CT molecular complexity index is 1100. The van der Waals surface area contributed by atoms with Gasteiger partial charge in [0.25, 0.3) is 0 Å². The topological polar surface area (TPSA) is 86.8 Å². The summed E-state index contributed by atoms with van der Waals surface area (Å²) in [4.78, 5) is 27.3. The predicted molar refractivity (Wildman–Crippen MR) is 125 cm³/mol. The average Bonchev–Trinajstić information content (AvgIpc) is 3.13. The predicted octanol–water partition coefficient (Wildman–Crippen LogP) is 3.32. The van der Waals surface area contributed by atoms with Crippen LogP contribution in [0.25, 0.3) is 0 Å². The van der Waals surface area contributed by atoms with Crippen molar-refractivity contribution in [2.24, 2.45) is 5.92 Å². The Kier molecular flexibility index (Phi) is 7.36. The van der Waals surface area contributed by atoms with E-state index in [-0.39, 0.29) is 23.1 Å². The molecule has 0 bridgehead atoms. The van der Waals surface area contributed by atoms with E-state index in [0.29, 0.717) is 31.9 Å². The van der Waals surface area contributed by atoms with Crippen LogP contribution < -0.4 is 5.32 Å². The number of amides is 2. The fourth-order valence-corrected chi connectivity index (χ4v) is 5.53. The Labute approximate surface area is 190 Å². The molecule has 2 aromatic carbocycles. The van der Waals surface area contributed by atoms with Crippen LogP contribution in [0.1, 0.15) is 37.0 Å². The highest BCUT2D eigenvalue weighted by molar-refractivity contribution is 7.89. The lowest BCUT2D eigenvalue weighted by Crippen LogP contribution is -2.31. The molecule has 1 N–H and O–H groups in total. The number of benzene rings is 2. The van der Waals surface area contributed by atoms with Crippen LogP contribution in [-0.4, -0.2) is 49.1 Å². The second kappa shape index (κ2) is 9.83. The fraction of sp³-hybridized carbons (Fsp3) is 0.417. The van der Waals surface area contributed by atoms with Crippen molar-refractivity contribution in [3.05, 3.63) is 59.2 Å². The standard InChI is InChI=1S/C24H31N3O4S/c1-5-27(6-2)32(30,31)21-12-17(3)18(4)22(14-21)25-24(29)20-13-23(28)26(16-20)15-19-10-8-7-9-11-19/h7-12,14,20H,5-6,13,15-16H2,1-4H3,(H,25,29). The molecule has 3 rings (SSSR count). The molecule has 1 atom stereocenters. The van der Waals surface area contributed by atoms with E-state index < -0.39 is 15.9 Å². The zero-order chi connectivity index (χ0) is 23.5. The Balaban J connectivity index is 1.78. The molecule has 2 aromatic rings. The molecule has 7 nitrogen and oxygen atoms in total. The summed E-state index contributed by atoms with van der Waals surface area (Å²) in [6, 6.07) is 12.8. The highest BCUT2D eigenvalue weighted by Crippen LogP contribution is 2.28. The normalized spacial score (nSPS) is 16.6. The molecule has 172 valence electrons. The van der Waals surface area contributed by atoms with Crippen molar-refractivity contribution in [1.82, 2.24) is 9.21 Å². The summed E-state index contributed by atoms with van der Waals surface area (Å²) in [6.45, 7) is 8.82. The van der Waals surface area contributed by atoms with E-state index in [1.165, 1.54) is 10.4 Å². The van der Waals surface area contributed by atoms with Crippen LogP contribution in [0, 0.1) is 19.8 Å². The second-order valence-corrected chi connectivity index (χ2v) is 10.1. The Morgan fingerprint density at radius 2 is 1.78 bits per heavy atom. The molecule has 1 aliphatic heterocycles. The van der Waals surface area contributed by atoms with Crippen molar-refractivity contribution >= 4 is 27.5 Å². The van der Waals surface area contributed by atoms with Crippen LogP contribution in [0.4, 0.5) is 5.69 Å². The number of sulfonamides is 1. The molecule has 1 unspecified atom stereocenters. The van der Waals surface area contributed by atoms with Gasteiger partial charge in [0.15, 0.2) is 0 Å². The third-order valence-electron chi connectivity index (χ3n) is 6.04. The van der Waals surface area contributed by atoms with Crippen LogP contribution in [0.5, 0.6) is 0 Å². The molecule has 1 heterocycles. The summed E-state index contributed by atoms with van der Waals surface area (Å²) >= 11 is 0. The molecule has 8 heteroatoms. The number of aryl methyl sites for hydroxylation is 1. The summed E-state index contributed by atoms with van der Waals surface area (Å²) in [5.74, 6) is -0.803. The zero-order valence-corrected chi connectivity index (χ0v) is 19.9. The minimum absolute atomic E-state index is 0.0558. The van der Waals surface area contributed by atoms with Crippen LogP contribution in [-0.2, 0) is 26.2 Å². The number of anilines is 1. The molecular formula is C24H31N3O4S. The third kappa shape index (κ3) is 5.02. The van der Waals surface area contributed by atoms with Gasteiger partial charge in [-0.05, 0) is 42.7 Å². The zero-order valence-electron chi connectivity index (χ0n) is 19.1. The van der Waals surface area contributed by atoms with Gasteiger partial charge in [-0.25, -0.2) is 8.42 Å². The van der Waals surface area contributed by atoms with Gasteiger partial charge in [-0.15, -0.1) is 0 Å². The SMILES string of the molecule is CCN(CC)S(=O)(=O)c1cc(C)c(C)c(NC(=O)C2CC(=O)N(Cc3ccccc3)C2)c1. The maximum absolute atomic E-state index is 13.0. The van der Waals surface area contributed by atoms with E-state index in [1.54, 1.807) is 24.8 Å². The van der Waals surface area contributed by atoms with Crippen LogP contribution in [0.15, 0.2) is 47.4 Å². The number of carbonyl (C=O) groups is 2. The van der Waals surface area contributed by atoms with Crippen LogP contribution in [0.3, 0.4) is 0 Å². The summed E-state index contributed by atoms with van der Waals surface area (Å²) in [6.07, 6.45) is 0.147. The summed E-state index contributed by atoms with van der Waals surface area (Å²) in [7, 11) is -3.65. The first kappa shape index (κ1) is 23.9. The average molecular weight is 458 g/mol. The lowest BCUT2D eigenvalue weighted by Gasteiger charge is -2.21. The number of rotatable bonds is 8. The number of hydrogen-bond acceptors (Lipinski definition) is 4. The van der Waals surface area contributed by atoms with Crippen molar-refractivity contribution in [2.45, 2.75) is 45.6 Å². The monoisotopic (exact) mass is 457 g/mol. The number of hydrogen-bond donors (Lipinski definition) is 1. The minimum Gasteiger partial charge on any atom is -0.338 e. The van der Waals surface area contributed by atoms with Gasteiger partial charge in [0, 0.05) is 38.3 Å². The molecule has 1 saturated heterocycles.